The Morgan fingerprint density at radius 1 is 1.23 bits per heavy atom. The van der Waals surface area contributed by atoms with Gasteiger partial charge in [0, 0.05) is 0 Å². The van der Waals surface area contributed by atoms with E-state index in [4.69, 9.17) is 48.7 Å². The van der Waals surface area contributed by atoms with Crippen molar-refractivity contribution in [1.29, 1.82) is 0 Å². The molecule has 0 heterocycles. The van der Waals surface area contributed by atoms with Crippen molar-refractivity contribution < 1.29 is 45.6 Å². The number of nitrogens with zero attached hydrogens (tertiary/aromatic N) is 1. The average molecular weight is 563 g/mol. The maximum atomic E-state index is 10.6. The van der Waals surface area contributed by atoms with E-state index >= 15 is 0 Å². The topological polar surface area (TPSA) is 227 Å². The molecule has 0 aliphatic heterocycles. The molecule has 0 amide bonds. The average Bonchev–Trinajstić information content (AvgIpc) is 2.29. The molecule has 132 valence electrons. The molecule has 8 N–H and O–H groups in total. The molecule has 0 aliphatic rings. The number of carboxylic acid groups (broad SMARTS) is 1. The molecule has 1 aromatic rings. The Bertz CT molecular complexity index is 425. The molecule has 0 unspecified atom stereocenters. The van der Waals surface area contributed by atoms with Gasteiger partial charge in [-0.15, -0.1) is 5.34 Å². The third kappa shape index (κ3) is 17.4. The maximum Gasteiger partial charge on any atom is -0.693 e. The molecule has 0 fully saturated rings. The number of hydrogen-bond acceptors (Lipinski definition) is 8. The number of hydrogen-bond donors (Lipinski definition) is 4. The molecule has 0 radical (unpaired) electrons. The predicted molar refractivity (Wildman–Crippen MR) is 79.0 cm³/mol. The Kier molecular flexibility index (Phi) is 22.4. The molecule has 0 aliphatic carbocycles. The molecule has 0 aromatic heterocycles. The van der Waals surface area contributed by atoms with Gasteiger partial charge in [0.15, 0.2) is 5.75 Å². The molecule has 11 nitrogen and oxygen atoms in total. The van der Waals surface area contributed by atoms with Gasteiger partial charge in [-0.3, -0.25) is 4.52 Å². The van der Waals surface area contributed by atoms with E-state index in [0.29, 0.717) is 0 Å². The fraction of sp³-hybridized carbons (Fsp3) is 0. The van der Waals surface area contributed by atoms with Crippen LogP contribution in [0.2, 0.25) is 0 Å². The number of rotatable bonds is 3. The van der Waals surface area contributed by atoms with Crippen molar-refractivity contribution in [2.24, 2.45) is 5.34 Å². The fourth-order valence-electron chi connectivity index (χ4n) is 0.855. The van der Waals surface area contributed by atoms with E-state index in [1.165, 1.54) is 24.3 Å². The number of para-hydroxylation sites is 1. The molecule has 1 aromatic carbocycles. The zero-order chi connectivity index (χ0) is 16.2. The SMILES string of the molecule is O=C(O)c1ccccc1O[P+](O)(O)O.O=N[O-].[Cl][Pt+2][Cl].[NH2-].[NH2-]. The van der Waals surface area contributed by atoms with Crippen molar-refractivity contribution >= 4 is 33.0 Å². The third-order valence-electron chi connectivity index (χ3n) is 1.34. The van der Waals surface area contributed by atoms with Gasteiger partial charge in [0.1, 0.15) is 5.56 Å². The Morgan fingerprint density at radius 2 is 1.59 bits per heavy atom. The molecule has 22 heavy (non-hydrogen) atoms. The normalized spacial score (nSPS) is 8.59. The van der Waals surface area contributed by atoms with E-state index in [0.717, 1.165) is 5.34 Å². The number of aromatic carboxylic acids is 1. The van der Waals surface area contributed by atoms with Gasteiger partial charge in [0.05, 0.1) is 0 Å². The predicted octanol–water partition coefficient (Wildman–Crippen LogP) is 3.48. The summed E-state index contributed by atoms with van der Waals surface area (Å²) in [5.74, 6) is -1.57. The van der Waals surface area contributed by atoms with Crippen molar-refractivity contribution in [2.45, 2.75) is 0 Å². The summed E-state index contributed by atoms with van der Waals surface area (Å²) in [5, 5.41) is 17.6. The first-order valence-electron chi connectivity index (χ1n) is 4.10. The van der Waals surface area contributed by atoms with Crippen molar-refractivity contribution in [1.82, 2.24) is 0 Å². The Morgan fingerprint density at radius 3 is 1.91 bits per heavy atom. The zero-order valence-corrected chi connectivity index (χ0v) is 15.0. The van der Waals surface area contributed by atoms with Crippen molar-refractivity contribution in [3.63, 3.8) is 0 Å². The number of benzene rings is 1. The molecular formula is C7H12Cl2N3O8PPt. The molecular weight excluding hydrogens is 551 g/mol. The van der Waals surface area contributed by atoms with Gasteiger partial charge in [0.2, 0.25) is 0 Å². The van der Waals surface area contributed by atoms with Crippen LogP contribution in [0.5, 0.6) is 5.75 Å². The maximum absolute atomic E-state index is 10.6. The van der Waals surface area contributed by atoms with Gasteiger partial charge in [0.25, 0.3) is 0 Å². The summed E-state index contributed by atoms with van der Waals surface area (Å²) < 4.78 is 4.29. The van der Waals surface area contributed by atoms with Gasteiger partial charge in [-0.25, -0.2) is 4.79 Å². The van der Waals surface area contributed by atoms with Crippen LogP contribution < -0.4 is 4.52 Å². The fourth-order valence-corrected chi connectivity index (χ4v) is 1.28. The van der Waals surface area contributed by atoms with Gasteiger partial charge < -0.3 is 27.5 Å². The second kappa shape index (κ2) is 16.8. The minimum atomic E-state index is -4.47. The van der Waals surface area contributed by atoms with Crippen molar-refractivity contribution in [3.8, 4) is 5.75 Å². The summed E-state index contributed by atoms with van der Waals surface area (Å²) in [7, 11) is 5.28. The van der Waals surface area contributed by atoms with Crippen LogP contribution in [-0.2, 0) is 16.5 Å². The smallest absolute Gasteiger partial charge is 0.693 e. The second-order valence-electron chi connectivity index (χ2n) is 2.53. The van der Waals surface area contributed by atoms with E-state index in [-0.39, 0.29) is 23.6 Å². The first-order chi connectivity index (χ1) is 9.23. The van der Waals surface area contributed by atoms with E-state index < -0.39 is 30.6 Å². The summed E-state index contributed by atoms with van der Waals surface area (Å²) in [4.78, 5) is 44.3. The van der Waals surface area contributed by atoms with E-state index in [1.807, 2.05) is 0 Å². The summed E-state index contributed by atoms with van der Waals surface area (Å²) in [5.41, 5.74) is -0.256. The van der Waals surface area contributed by atoms with Gasteiger partial charge >= 0.3 is 49.5 Å². The van der Waals surface area contributed by atoms with E-state index in [2.05, 4.69) is 4.52 Å². The monoisotopic (exact) mass is 562 g/mol. The van der Waals surface area contributed by atoms with Crippen LogP contribution in [0.15, 0.2) is 29.6 Å². The summed E-state index contributed by atoms with van der Waals surface area (Å²) in [6.45, 7) is 0. The molecule has 0 saturated heterocycles. The van der Waals surface area contributed by atoms with Crippen molar-refractivity contribution in [3.05, 3.63) is 52.2 Å². The van der Waals surface area contributed by atoms with Crippen LogP contribution in [0.1, 0.15) is 10.4 Å². The molecule has 0 bridgehead atoms. The summed E-state index contributed by atoms with van der Waals surface area (Å²) in [6, 6.07) is 5.31. The van der Waals surface area contributed by atoms with Crippen LogP contribution in [0.4, 0.5) is 0 Å². The van der Waals surface area contributed by atoms with Gasteiger partial charge in [-0.05, 0) is 12.1 Å². The number of carboxylic acids is 1. The van der Waals surface area contributed by atoms with E-state index in [1.54, 1.807) is 0 Å². The quantitative estimate of drug-likeness (QED) is 0.241. The zero-order valence-electron chi connectivity index (χ0n) is 10.4. The van der Waals surface area contributed by atoms with Crippen LogP contribution in [0.25, 0.3) is 12.3 Å². The van der Waals surface area contributed by atoms with Crippen LogP contribution in [-0.4, -0.2) is 25.8 Å². The molecule has 0 saturated carbocycles. The van der Waals surface area contributed by atoms with Crippen molar-refractivity contribution in [2.75, 3.05) is 0 Å². The van der Waals surface area contributed by atoms with Gasteiger partial charge in [-0.1, -0.05) is 12.1 Å². The first-order valence-corrected chi connectivity index (χ1v) is 11.3. The minimum absolute atomic E-state index is 0. The van der Waals surface area contributed by atoms with Gasteiger partial charge in [-0.2, -0.15) is 14.7 Å². The number of halogens is 2. The standard InChI is InChI=1S/C7H7O6P.2ClH.HNO2.2H2N.Pt/c8-7(9)5-3-1-2-4-6(5)13-14(10,11)12;;;2-1-3;;;/h1-4,10-12H;2*1H;(H,2,3);2*1H2;/q;;;;2*-1;+4/p-2. The van der Waals surface area contributed by atoms with Crippen LogP contribution in [0.3, 0.4) is 0 Å². The largest absolute Gasteiger partial charge is 0.693 e. The molecule has 1 rings (SSSR count). The molecule has 0 atom stereocenters. The Labute approximate surface area is 142 Å². The number of carbonyl (C=O) groups is 1. The summed E-state index contributed by atoms with van der Waals surface area (Å²) in [6.07, 6.45) is 0. The van der Waals surface area contributed by atoms with Crippen LogP contribution >= 0.6 is 27.0 Å². The Hall–Kier alpha value is -0.612. The van der Waals surface area contributed by atoms with Crippen LogP contribution in [0, 0.1) is 10.1 Å². The first kappa shape index (κ1) is 29.4. The minimum Gasteiger partial charge on any atom is -0.693 e. The summed E-state index contributed by atoms with van der Waals surface area (Å²) >= 11 is -0.472. The Balaban J connectivity index is -0.000000176. The second-order valence-corrected chi connectivity index (χ2v) is 7.02. The molecule has 0 spiro atoms. The third-order valence-corrected chi connectivity index (χ3v) is 1.78. The van der Waals surface area contributed by atoms with E-state index in [9.17, 15) is 4.79 Å². The number of nitrogens with two attached hydrogens (primary N) is 2. The molecule has 15 heteroatoms.